The van der Waals surface area contributed by atoms with E-state index in [1.165, 1.54) is 5.56 Å². The average molecular weight is 326 g/mol. The number of hydrogen-bond acceptors (Lipinski definition) is 3. The molecule has 1 aliphatic rings. The summed E-state index contributed by atoms with van der Waals surface area (Å²) < 4.78 is 0. The van der Waals surface area contributed by atoms with E-state index < -0.39 is 0 Å². The van der Waals surface area contributed by atoms with Crippen LogP contribution in [0.4, 0.5) is 0 Å². The number of rotatable bonds is 6. The molecular formula is C17H28ClN3O. The van der Waals surface area contributed by atoms with Gasteiger partial charge in [0.25, 0.3) is 0 Å². The number of carbonyl (C=O) groups is 1. The lowest BCUT2D eigenvalue weighted by Gasteiger charge is -2.27. The first-order valence-corrected chi connectivity index (χ1v) is 7.89. The van der Waals surface area contributed by atoms with Crippen molar-refractivity contribution < 1.29 is 4.79 Å². The normalized spacial score (nSPS) is 16.9. The van der Waals surface area contributed by atoms with Crippen molar-refractivity contribution in [2.24, 2.45) is 5.92 Å². The summed E-state index contributed by atoms with van der Waals surface area (Å²) in [6.45, 7) is 5.70. The van der Waals surface area contributed by atoms with Crippen molar-refractivity contribution in [1.29, 1.82) is 0 Å². The molecule has 1 aromatic rings. The third-order valence-electron chi connectivity index (χ3n) is 4.31. The van der Waals surface area contributed by atoms with Gasteiger partial charge in [-0.25, -0.2) is 0 Å². The Labute approximate surface area is 140 Å². The summed E-state index contributed by atoms with van der Waals surface area (Å²) in [6.07, 6.45) is 1.92. The zero-order valence-electron chi connectivity index (χ0n) is 13.5. The first kappa shape index (κ1) is 18.9. The van der Waals surface area contributed by atoms with Gasteiger partial charge in [0.1, 0.15) is 0 Å². The maximum Gasteiger partial charge on any atom is 0.223 e. The molecule has 1 aromatic carbocycles. The molecule has 1 fully saturated rings. The van der Waals surface area contributed by atoms with E-state index in [9.17, 15) is 4.79 Å². The third kappa shape index (κ3) is 5.95. The van der Waals surface area contributed by atoms with Crippen LogP contribution < -0.4 is 10.6 Å². The van der Waals surface area contributed by atoms with Gasteiger partial charge in [-0.2, -0.15) is 0 Å². The number of carbonyl (C=O) groups excluding carboxylic acids is 1. The zero-order valence-corrected chi connectivity index (χ0v) is 14.4. The fourth-order valence-electron chi connectivity index (χ4n) is 2.66. The van der Waals surface area contributed by atoms with E-state index in [0.717, 1.165) is 32.5 Å². The maximum atomic E-state index is 12.1. The Hall–Kier alpha value is -1.10. The summed E-state index contributed by atoms with van der Waals surface area (Å²) in [5.74, 6) is 0.411. The lowest BCUT2D eigenvalue weighted by molar-refractivity contribution is -0.125. The Morgan fingerprint density at radius 3 is 2.59 bits per heavy atom. The molecule has 1 atom stereocenters. The number of nitrogens with one attached hydrogen (secondary N) is 2. The summed E-state index contributed by atoms with van der Waals surface area (Å²) in [5.41, 5.74) is 1.30. The summed E-state index contributed by atoms with van der Waals surface area (Å²) in [5, 5.41) is 6.40. The Morgan fingerprint density at radius 1 is 1.32 bits per heavy atom. The van der Waals surface area contributed by atoms with Crippen LogP contribution in [0.15, 0.2) is 30.3 Å². The SMILES string of the molecule is CC(CNC(=O)C1CCNCC1)N(C)Cc1ccccc1.Cl. The van der Waals surface area contributed by atoms with Gasteiger partial charge in [-0.15, -0.1) is 12.4 Å². The highest BCUT2D eigenvalue weighted by atomic mass is 35.5. The molecule has 2 N–H and O–H groups in total. The minimum Gasteiger partial charge on any atom is -0.354 e. The Bertz CT molecular complexity index is 435. The molecule has 0 aromatic heterocycles. The lowest BCUT2D eigenvalue weighted by Crippen LogP contribution is -2.44. The van der Waals surface area contributed by atoms with Gasteiger partial charge in [0.05, 0.1) is 0 Å². The number of amides is 1. The van der Waals surface area contributed by atoms with Gasteiger partial charge < -0.3 is 10.6 Å². The summed E-state index contributed by atoms with van der Waals surface area (Å²) >= 11 is 0. The molecule has 124 valence electrons. The van der Waals surface area contributed by atoms with Crippen LogP contribution >= 0.6 is 12.4 Å². The molecular weight excluding hydrogens is 298 g/mol. The van der Waals surface area contributed by atoms with Crippen LogP contribution in [0.25, 0.3) is 0 Å². The molecule has 0 saturated carbocycles. The number of hydrogen-bond donors (Lipinski definition) is 2. The highest BCUT2D eigenvalue weighted by Gasteiger charge is 2.21. The van der Waals surface area contributed by atoms with Gasteiger partial charge in [0.15, 0.2) is 0 Å². The van der Waals surface area contributed by atoms with Crippen LogP contribution in [0.1, 0.15) is 25.3 Å². The van der Waals surface area contributed by atoms with Crippen LogP contribution in [0.5, 0.6) is 0 Å². The molecule has 1 unspecified atom stereocenters. The van der Waals surface area contributed by atoms with E-state index in [-0.39, 0.29) is 24.2 Å². The average Bonchev–Trinajstić information content (AvgIpc) is 2.54. The van der Waals surface area contributed by atoms with Crippen molar-refractivity contribution in [3.05, 3.63) is 35.9 Å². The molecule has 0 radical (unpaired) electrons. The van der Waals surface area contributed by atoms with Crippen molar-refractivity contribution in [2.75, 3.05) is 26.7 Å². The largest absolute Gasteiger partial charge is 0.354 e. The van der Waals surface area contributed by atoms with Gasteiger partial charge in [-0.1, -0.05) is 30.3 Å². The van der Waals surface area contributed by atoms with E-state index in [1.807, 2.05) is 6.07 Å². The molecule has 1 heterocycles. The molecule has 1 aliphatic heterocycles. The molecule has 2 rings (SSSR count). The second-order valence-corrected chi connectivity index (χ2v) is 6.02. The Balaban J connectivity index is 0.00000242. The van der Waals surface area contributed by atoms with Crippen molar-refractivity contribution >= 4 is 18.3 Å². The minimum absolute atomic E-state index is 0. The molecule has 4 nitrogen and oxygen atoms in total. The monoisotopic (exact) mass is 325 g/mol. The van der Waals surface area contributed by atoms with Gasteiger partial charge in [0, 0.05) is 25.0 Å². The van der Waals surface area contributed by atoms with Crippen LogP contribution in [0, 0.1) is 5.92 Å². The van der Waals surface area contributed by atoms with Crippen LogP contribution in [0.3, 0.4) is 0 Å². The van der Waals surface area contributed by atoms with Gasteiger partial charge >= 0.3 is 0 Å². The summed E-state index contributed by atoms with van der Waals surface area (Å²) in [7, 11) is 2.11. The van der Waals surface area contributed by atoms with Gasteiger partial charge in [0.2, 0.25) is 5.91 Å². The predicted octanol–water partition coefficient (Wildman–Crippen LogP) is 2.04. The van der Waals surface area contributed by atoms with Crippen LogP contribution in [-0.2, 0) is 11.3 Å². The number of piperidine rings is 1. The molecule has 1 saturated heterocycles. The van der Waals surface area contributed by atoms with E-state index in [4.69, 9.17) is 0 Å². The second-order valence-electron chi connectivity index (χ2n) is 6.02. The standard InChI is InChI=1S/C17H27N3O.ClH/c1-14(20(2)13-15-6-4-3-5-7-15)12-19-17(21)16-8-10-18-11-9-16;/h3-7,14,16,18H,8-13H2,1-2H3,(H,19,21);1H. The van der Waals surface area contributed by atoms with Gasteiger partial charge in [-0.05, 0) is 45.5 Å². The zero-order chi connectivity index (χ0) is 15.1. The smallest absolute Gasteiger partial charge is 0.223 e. The van der Waals surface area contributed by atoms with E-state index in [1.54, 1.807) is 0 Å². The highest BCUT2D eigenvalue weighted by molar-refractivity contribution is 5.85. The number of likely N-dealkylation sites (N-methyl/N-ethyl adjacent to an activating group) is 1. The summed E-state index contributed by atoms with van der Waals surface area (Å²) in [4.78, 5) is 14.4. The van der Waals surface area contributed by atoms with Crippen LogP contribution in [-0.4, -0.2) is 43.5 Å². The third-order valence-corrected chi connectivity index (χ3v) is 4.31. The molecule has 1 amide bonds. The van der Waals surface area contributed by atoms with Crippen molar-refractivity contribution in [2.45, 2.75) is 32.4 Å². The van der Waals surface area contributed by atoms with E-state index in [2.05, 4.69) is 53.8 Å². The van der Waals surface area contributed by atoms with Crippen molar-refractivity contribution in [1.82, 2.24) is 15.5 Å². The van der Waals surface area contributed by atoms with E-state index in [0.29, 0.717) is 12.6 Å². The quantitative estimate of drug-likeness (QED) is 0.841. The number of halogens is 1. The fourth-order valence-corrected chi connectivity index (χ4v) is 2.66. The molecule has 0 aliphatic carbocycles. The highest BCUT2D eigenvalue weighted by Crippen LogP contribution is 2.11. The topological polar surface area (TPSA) is 44.4 Å². The first-order chi connectivity index (χ1) is 10.2. The maximum absolute atomic E-state index is 12.1. The number of benzene rings is 1. The first-order valence-electron chi connectivity index (χ1n) is 7.89. The molecule has 0 spiro atoms. The summed E-state index contributed by atoms with van der Waals surface area (Å²) in [6, 6.07) is 10.8. The second kappa shape index (κ2) is 9.82. The Morgan fingerprint density at radius 2 is 1.95 bits per heavy atom. The van der Waals surface area contributed by atoms with Crippen LogP contribution in [0.2, 0.25) is 0 Å². The van der Waals surface area contributed by atoms with Crippen molar-refractivity contribution in [3.8, 4) is 0 Å². The minimum atomic E-state index is 0. The Kier molecular flexibility index (Phi) is 8.46. The predicted molar refractivity (Wildman–Crippen MR) is 93.2 cm³/mol. The molecule has 0 bridgehead atoms. The van der Waals surface area contributed by atoms with Gasteiger partial charge in [-0.3, -0.25) is 9.69 Å². The number of nitrogens with zero attached hydrogens (tertiary/aromatic N) is 1. The van der Waals surface area contributed by atoms with Crippen molar-refractivity contribution in [3.63, 3.8) is 0 Å². The fraction of sp³-hybridized carbons (Fsp3) is 0.588. The lowest BCUT2D eigenvalue weighted by atomic mass is 9.97. The molecule has 22 heavy (non-hydrogen) atoms. The van der Waals surface area contributed by atoms with E-state index >= 15 is 0 Å². The molecule has 5 heteroatoms.